The van der Waals surface area contributed by atoms with E-state index in [1.165, 1.54) is 0 Å². The molecule has 0 aromatic carbocycles. The molecule has 4 aliphatic heterocycles. The van der Waals surface area contributed by atoms with Crippen LogP contribution in [-0.2, 0) is 9.53 Å². The van der Waals surface area contributed by atoms with Crippen molar-refractivity contribution in [2.75, 3.05) is 63.9 Å². The molecule has 4 aliphatic rings. The fourth-order valence-corrected chi connectivity index (χ4v) is 5.91. The van der Waals surface area contributed by atoms with Crippen molar-refractivity contribution in [1.29, 1.82) is 0 Å². The number of carbonyl (C=O) groups is 1. The van der Waals surface area contributed by atoms with Gasteiger partial charge in [-0.05, 0) is 51.3 Å². The number of ether oxygens (including phenoxy) is 1. The summed E-state index contributed by atoms with van der Waals surface area (Å²) in [5.74, 6) is 0.913. The number of β-amino-alcohol motifs (C(OH)–C–C–N with tert-alkyl or cyclic N) is 1. The summed E-state index contributed by atoms with van der Waals surface area (Å²) in [5, 5.41) is 10.4. The first-order valence-electron chi connectivity index (χ1n) is 12.3. The van der Waals surface area contributed by atoms with Crippen molar-refractivity contribution in [1.82, 2.24) is 24.7 Å². The van der Waals surface area contributed by atoms with Gasteiger partial charge in [-0.2, -0.15) is 0 Å². The summed E-state index contributed by atoms with van der Waals surface area (Å²) in [7, 11) is 0. The number of aromatic nitrogens is 2. The number of carbonyl (C=O) groups excluding carboxylic acids is 1. The molecule has 4 saturated heterocycles. The second-order valence-corrected chi connectivity index (χ2v) is 9.57. The van der Waals surface area contributed by atoms with Crippen molar-refractivity contribution in [3.63, 3.8) is 0 Å². The van der Waals surface area contributed by atoms with Crippen LogP contribution in [0.3, 0.4) is 0 Å². The van der Waals surface area contributed by atoms with Gasteiger partial charge in [0.05, 0.1) is 12.1 Å². The molecule has 0 bridgehead atoms. The van der Waals surface area contributed by atoms with Gasteiger partial charge in [0.2, 0.25) is 11.9 Å². The van der Waals surface area contributed by atoms with E-state index in [0.717, 1.165) is 71.0 Å². The number of hydrogen-bond acceptors (Lipinski definition) is 8. The third-order valence-corrected chi connectivity index (χ3v) is 7.70. The van der Waals surface area contributed by atoms with E-state index in [2.05, 4.69) is 24.7 Å². The van der Waals surface area contributed by atoms with Crippen molar-refractivity contribution in [2.45, 2.75) is 56.3 Å². The molecule has 0 saturated carbocycles. The highest BCUT2D eigenvalue weighted by Crippen LogP contribution is 2.29. The van der Waals surface area contributed by atoms with E-state index in [1.807, 2.05) is 11.0 Å². The number of aliphatic hydroxyl groups is 1. The lowest BCUT2D eigenvalue weighted by atomic mass is 9.98. The summed E-state index contributed by atoms with van der Waals surface area (Å²) in [6.45, 7) is 7.39. The number of amides is 1. The summed E-state index contributed by atoms with van der Waals surface area (Å²) in [5.41, 5.74) is 0. The zero-order valence-electron chi connectivity index (χ0n) is 18.9. The summed E-state index contributed by atoms with van der Waals surface area (Å²) in [6, 6.07) is 2.66. The molecule has 0 radical (unpaired) electrons. The lowest BCUT2D eigenvalue weighted by Gasteiger charge is -2.43. The Morgan fingerprint density at radius 3 is 2.31 bits per heavy atom. The standard InChI is InChI=1S/C23H36N6O3/c30-20-16-21(22(31)27-10-12-28(13-11-27)23-24-6-1-7-25-23)29(17-20)19-2-8-26(9-3-19)18-4-14-32-15-5-18/h1,6-7,18-21,30H,2-5,8-17H2/t20-,21+/m1/s1. The zero-order chi connectivity index (χ0) is 21.9. The third-order valence-electron chi connectivity index (χ3n) is 7.70. The molecule has 9 heteroatoms. The fraction of sp³-hybridized carbons (Fsp3) is 0.783. The Kier molecular flexibility index (Phi) is 6.87. The molecular formula is C23H36N6O3. The highest BCUT2D eigenvalue weighted by atomic mass is 16.5. The van der Waals surface area contributed by atoms with Gasteiger partial charge in [0.25, 0.3) is 0 Å². The van der Waals surface area contributed by atoms with Crippen LogP contribution in [0.2, 0.25) is 0 Å². The number of piperidine rings is 1. The van der Waals surface area contributed by atoms with Gasteiger partial charge in [-0.25, -0.2) is 9.97 Å². The smallest absolute Gasteiger partial charge is 0.240 e. The van der Waals surface area contributed by atoms with Gasteiger partial charge in [-0.3, -0.25) is 9.69 Å². The van der Waals surface area contributed by atoms with E-state index >= 15 is 0 Å². The maximum Gasteiger partial charge on any atom is 0.240 e. The minimum Gasteiger partial charge on any atom is -0.392 e. The van der Waals surface area contributed by atoms with Crippen molar-refractivity contribution in [2.24, 2.45) is 0 Å². The summed E-state index contributed by atoms with van der Waals surface area (Å²) < 4.78 is 5.52. The lowest BCUT2D eigenvalue weighted by molar-refractivity contribution is -0.137. The van der Waals surface area contributed by atoms with E-state index in [4.69, 9.17) is 4.74 Å². The van der Waals surface area contributed by atoms with Gasteiger partial charge in [0.15, 0.2) is 0 Å². The van der Waals surface area contributed by atoms with E-state index in [0.29, 0.717) is 38.1 Å². The lowest BCUT2D eigenvalue weighted by Crippen LogP contribution is -2.56. The predicted octanol–water partition coefficient (Wildman–Crippen LogP) is 0.204. The quantitative estimate of drug-likeness (QED) is 0.705. The molecule has 1 N–H and O–H groups in total. The first kappa shape index (κ1) is 22.0. The predicted molar refractivity (Wildman–Crippen MR) is 120 cm³/mol. The Labute approximate surface area is 190 Å². The van der Waals surface area contributed by atoms with Gasteiger partial charge in [0.1, 0.15) is 0 Å². The normalized spacial score (nSPS) is 29.5. The number of rotatable bonds is 4. The van der Waals surface area contributed by atoms with Crippen molar-refractivity contribution in [3.8, 4) is 0 Å². The number of hydrogen-bond donors (Lipinski definition) is 1. The molecule has 5 rings (SSSR count). The average Bonchev–Trinajstić information content (AvgIpc) is 3.26. The molecule has 0 unspecified atom stereocenters. The van der Waals surface area contributed by atoms with Crippen LogP contribution in [0.15, 0.2) is 18.5 Å². The van der Waals surface area contributed by atoms with E-state index in [1.54, 1.807) is 12.4 Å². The maximum atomic E-state index is 13.5. The largest absolute Gasteiger partial charge is 0.392 e. The fourth-order valence-electron chi connectivity index (χ4n) is 5.91. The number of piperazine rings is 1. The van der Waals surface area contributed by atoms with Crippen LogP contribution in [0.5, 0.6) is 0 Å². The van der Waals surface area contributed by atoms with Gasteiger partial charge in [-0.15, -0.1) is 0 Å². The van der Waals surface area contributed by atoms with E-state index in [-0.39, 0.29) is 11.9 Å². The number of anilines is 1. The molecule has 4 fully saturated rings. The zero-order valence-corrected chi connectivity index (χ0v) is 18.9. The molecule has 1 aromatic heterocycles. The highest BCUT2D eigenvalue weighted by molar-refractivity contribution is 5.82. The van der Waals surface area contributed by atoms with Gasteiger partial charge >= 0.3 is 0 Å². The molecule has 1 aromatic rings. The van der Waals surface area contributed by atoms with Crippen LogP contribution in [0, 0.1) is 0 Å². The monoisotopic (exact) mass is 444 g/mol. The van der Waals surface area contributed by atoms with E-state index in [9.17, 15) is 9.90 Å². The molecule has 32 heavy (non-hydrogen) atoms. The second kappa shape index (κ2) is 9.99. The van der Waals surface area contributed by atoms with Crippen LogP contribution in [0.1, 0.15) is 32.1 Å². The summed E-state index contributed by atoms with van der Waals surface area (Å²) >= 11 is 0. The first-order chi connectivity index (χ1) is 15.7. The van der Waals surface area contributed by atoms with E-state index < -0.39 is 6.10 Å². The van der Waals surface area contributed by atoms with Gasteiger partial charge in [-0.1, -0.05) is 0 Å². The molecule has 176 valence electrons. The molecule has 0 aliphatic carbocycles. The maximum absolute atomic E-state index is 13.5. The van der Waals surface area contributed by atoms with Crippen molar-refractivity contribution in [3.05, 3.63) is 18.5 Å². The Morgan fingerprint density at radius 2 is 1.62 bits per heavy atom. The number of aliphatic hydroxyl groups excluding tert-OH is 1. The van der Waals surface area contributed by atoms with Crippen LogP contribution in [0.25, 0.3) is 0 Å². The molecule has 2 atom stereocenters. The van der Waals surface area contributed by atoms with Crippen LogP contribution in [0.4, 0.5) is 5.95 Å². The molecule has 9 nitrogen and oxygen atoms in total. The topological polar surface area (TPSA) is 85.3 Å². The molecule has 0 spiro atoms. The van der Waals surface area contributed by atoms with Crippen LogP contribution < -0.4 is 4.90 Å². The van der Waals surface area contributed by atoms with Crippen LogP contribution >= 0.6 is 0 Å². The molecular weight excluding hydrogens is 408 g/mol. The van der Waals surface area contributed by atoms with Crippen molar-refractivity contribution >= 4 is 11.9 Å². The molecule has 5 heterocycles. The Hall–Kier alpha value is -1.81. The SMILES string of the molecule is O=C([C@@H]1C[C@@H](O)CN1C1CCN(C2CCOCC2)CC1)N1CCN(c2ncccn2)CC1. The minimum atomic E-state index is -0.406. The number of nitrogens with zero attached hydrogens (tertiary/aromatic N) is 6. The average molecular weight is 445 g/mol. The highest BCUT2D eigenvalue weighted by Gasteiger charge is 2.43. The second-order valence-electron chi connectivity index (χ2n) is 9.57. The van der Waals surface area contributed by atoms with Crippen molar-refractivity contribution < 1.29 is 14.6 Å². The minimum absolute atomic E-state index is 0.182. The van der Waals surface area contributed by atoms with Crippen LogP contribution in [-0.4, -0.2) is 119 Å². The number of likely N-dealkylation sites (tertiary alicyclic amines) is 2. The van der Waals surface area contributed by atoms with Gasteiger partial charge < -0.3 is 24.5 Å². The van der Waals surface area contributed by atoms with Gasteiger partial charge in [0, 0.05) is 70.4 Å². The Balaban J connectivity index is 1.16. The summed E-state index contributed by atoms with van der Waals surface area (Å²) in [4.78, 5) is 31.2. The first-order valence-corrected chi connectivity index (χ1v) is 12.3. The Bertz CT molecular complexity index is 745. The third kappa shape index (κ3) is 4.76. The molecule has 1 amide bonds. The summed E-state index contributed by atoms with van der Waals surface area (Å²) in [6.07, 6.45) is 8.08. The Morgan fingerprint density at radius 1 is 0.938 bits per heavy atom.